The lowest BCUT2D eigenvalue weighted by Crippen LogP contribution is -2.11. The van der Waals surface area contributed by atoms with Gasteiger partial charge in [0.1, 0.15) is 17.2 Å². The summed E-state index contributed by atoms with van der Waals surface area (Å²) in [6.45, 7) is 8.37. The SMILES string of the molecule is Cc1ccc(Oc2ccc(C(C)(C)C)c(Br)c2)cc1O. The van der Waals surface area contributed by atoms with Crippen LogP contribution in [0.5, 0.6) is 17.2 Å². The van der Waals surface area contributed by atoms with Crippen molar-refractivity contribution in [1.82, 2.24) is 0 Å². The van der Waals surface area contributed by atoms with E-state index in [1.807, 2.05) is 31.2 Å². The van der Waals surface area contributed by atoms with Gasteiger partial charge in [-0.2, -0.15) is 0 Å². The van der Waals surface area contributed by atoms with E-state index in [9.17, 15) is 5.11 Å². The molecular weight excluding hydrogens is 316 g/mol. The number of benzene rings is 2. The molecule has 0 aliphatic heterocycles. The Morgan fingerprint density at radius 3 is 2.15 bits per heavy atom. The van der Waals surface area contributed by atoms with Crippen molar-refractivity contribution >= 4 is 15.9 Å². The number of phenols is 1. The van der Waals surface area contributed by atoms with Crippen LogP contribution < -0.4 is 4.74 Å². The topological polar surface area (TPSA) is 29.5 Å². The van der Waals surface area contributed by atoms with Crippen LogP contribution in [0.15, 0.2) is 40.9 Å². The number of hydrogen-bond donors (Lipinski definition) is 1. The van der Waals surface area contributed by atoms with Gasteiger partial charge in [-0.05, 0) is 41.7 Å². The number of rotatable bonds is 2. The van der Waals surface area contributed by atoms with E-state index in [-0.39, 0.29) is 11.2 Å². The molecule has 2 nitrogen and oxygen atoms in total. The van der Waals surface area contributed by atoms with Gasteiger partial charge in [0, 0.05) is 10.5 Å². The second-order valence-electron chi connectivity index (χ2n) is 5.94. The van der Waals surface area contributed by atoms with Crippen LogP contribution in [0, 0.1) is 6.92 Å². The zero-order valence-corrected chi connectivity index (χ0v) is 13.8. The fourth-order valence-corrected chi connectivity index (χ4v) is 2.91. The van der Waals surface area contributed by atoms with Crippen LogP contribution in [0.25, 0.3) is 0 Å². The highest BCUT2D eigenvalue weighted by Crippen LogP contribution is 2.34. The molecule has 1 N–H and O–H groups in total. The maximum absolute atomic E-state index is 9.69. The van der Waals surface area contributed by atoms with Crippen molar-refractivity contribution in [3.63, 3.8) is 0 Å². The average Bonchev–Trinajstić information content (AvgIpc) is 2.32. The normalized spacial score (nSPS) is 11.4. The highest BCUT2D eigenvalue weighted by Gasteiger charge is 2.17. The summed E-state index contributed by atoms with van der Waals surface area (Å²) in [5.41, 5.74) is 2.15. The highest BCUT2D eigenvalue weighted by atomic mass is 79.9. The van der Waals surface area contributed by atoms with Crippen LogP contribution >= 0.6 is 15.9 Å². The van der Waals surface area contributed by atoms with E-state index in [0.29, 0.717) is 5.75 Å². The number of aryl methyl sites for hydroxylation is 1. The Morgan fingerprint density at radius 1 is 1.00 bits per heavy atom. The fourth-order valence-electron chi connectivity index (χ4n) is 1.96. The summed E-state index contributed by atoms with van der Waals surface area (Å²) in [6, 6.07) is 11.3. The van der Waals surface area contributed by atoms with E-state index in [1.165, 1.54) is 5.56 Å². The molecule has 0 unspecified atom stereocenters. The van der Waals surface area contributed by atoms with Gasteiger partial charge in [0.15, 0.2) is 0 Å². The molecule has 0 bridgehead atoms. The molecule has 0 aliphatic rings. The minimum Gasteiger partial charge on any atom is -0.508 e. The lowest BCUT2D eigenvalue weighted by molar-refractivity contribution is 0.452. The maximum Gasteiger partial charge on any atom is 0.131 e. The first-order valence-corrected chi connectivity index (χ1v) is 7.34. The number of aromatic hydroxyl groups is 1. The molecule has 0 spiro atoms. The summed E-state index contributed by atoms with van der Waals surface area (Å²) in [5, 5.41) is 9.69. The zero-order chi connectivity index (χ0) is 14.9. The Bertz CT molecular complexity index is 627. The summed E-state index contributed by atoms with van der Waals surface area (Å²) in [6.07, 6.45) is 0. The third kappa shape index (κ3) is 3.34. The largest absolute Gasteiger partial charge is 0.508 e. The van der Waals surface area contributed by atoms with Crippen molar-refractivity contribution < 1.29 is 9.84 Å². The van der Waals surface area contributed by atoms with Crippen molar-refractivity contribution in [3.8, 4) is 17.2 Å². The molecule has 0 aliphatic carbocycles. The third-order valence-electron chi connectivity index (χ3n) is 3.16. The molecule has 0 atom stereocenters. The second-order valence-corrected chi connectivity index (χ2v) is 6.80. The highest BCUT2D eigenvalue weighted by molar-refractivity contribution is 9.10. The fraction of sp³-hybridized carbons (Fsp3) is 0.294. The first-order valence-electron chi connectivity index (χ1n) is 6.55. The van der Waals surface area contributed by atoms with Gasteiger partial charge in [-0.1, -0.05) is 48.8 Å². The number of hydrogen-bond acceptors (Lipinski definition) is 2. The van der Waals surface area contributed by atoms with Crippen molar-refractivity contribution in [2.45, 2.75) is 33.1 Å². The maximum atomic E-state index is 9.69. The number of ether oxygens (including phenoxy) is 1. The zero-order valence-electron chi connectivity index (χ0n) is 12.2. The summed E-state index contributed by atoms with van der Waals surface area (Å²) >= 11 is 3.59. The van der Waals surface area contributed by atoms with Crippen LogP contribution in [-0.4, -0.2) is 5.11 Å². The Morgan fingerprint density at radius 2 is 1.60 bits per heavy atom. The minimum absolute atomic E-state index is 0.0828. The monoisotopic (exact) mass is 334 g/mol. The van der Waals surface area contributed by atoms with Gasteiger partial charge in [0.05, 0.1) is 0 Å². The Balaban J connectivity index is 2.26. The standard InChI is InChI=1S/C17H19BrO2/c1-11-5-6-13(10-16(11)19)20-12-7-8-14(15(18)9-12)17(2,3)4/h5-10,19H,1-4H3. The molecular formula is C17H19BrO2. The summed E-state index contributed by atoms with van der Waals surface area (Å²) in [4.78, 5) is 0. The lowest BCUT2D eigenvalue weighted by atomic mass is 9.87. The van der Waals surface area contributed by atoms with E-state index in [4.69, 9.17) is 4.74 Å². The second kappa shape index (κ2) is 5.49. The molecule has 2 aromatic carbocycles. The Kier molecular flexibility index (Phi) is 4.09. The molecule has 106 valence electrons. The third-order valence-corrected chi connectivity index (χ3v) is 3.82. The van der Waals surface area contributed by atoms with E-state index in [1.54, 1.807) is 6.07 Å². The molecule has 2 rings (SSSR count). The summed E-state index contributed by atoms with van der Waals surface area (Å²) in [7, 11) is 0. The molecule has 0 fully saturated rings. The molecule has 0 heterocycles. The van der Waals surface area contributed by atoms with Gasteiger partial charge in [0.2, 0.25) is 0 Å². The van der Waals surface area contributed by atoms with E-state index in [0.717, 1.165) is 15.8 Å². The smallest absolute Gasteiger partial charge is 0.131 e. The van der Waals surface area contributed by atoms with E-state index < -0.39 is 0 Å². The van der Waals surface area contributed by atoms with Crippen molar-refractivity contribution in [3.05, 3.63) is 52.0 Å². The minimum atomic E-state index is 0.0828. The van der Waals surface area contributed by atoms with Crippen molar-refractivity contribution in [2.24, 2.45) is 0 Å². The van der Waals surface area contributed by atoms with Crippen molar-refractivity contribution in [1.29, 1.82) is 0 Å². The van der Waals surface area contributed by atoms with Gasteiger partial charge in [-0.25, -0.2) is 0 Å². The van der Waals surface area contributed by atoms with Gasteiger partial charge in [0.25, 0.3) is 0 Å². The predicted molar refractivity (Wildman–Crippen MR) is 85.8 cm³/mol. The average molecular weight is 335 g/mol. The van der Waals surface area contributed by atoms with Crippen LogP contribution in [0.1, 0.15) is 31.9 Å². The molecule has 2 aromatic rings. The lowest BCUT2D eigenvalue weighted by Gasteiger charge is -2.21. The quantitative estimate of drug-likeness (QED) is 0.779. The number of halogens is 1. The van der Waals surface area contributed by atoms with Gasteiger partial charge >= 0.3 is 0 Å². The van der Waals surface area contributed by atoms with Crippen LogP contribution in [0.4, 0.5) is 0 Å². The van der Waals surface area contributed by atoms with E-state index >= 15 is 0 Å². The summed E-state index contributed by atoms with van der Waals surface area (Å²) < 4.78 is 6.80. The van der Waals surface area contributed by atoms with Crippen LogP contribution in [0.3, 0.4) is 0 Å². The van der Waals surface area contributed by atoms with Gasteiger partial charge < -0.3 is 9.84 Å². The molecule has 20 heavy (non-hydrogen) atoms. The first kappa shape index (κ1) is 14.9. The summed E-state index contributed by atoms with van der Waals surface area (Å²) in [5.74, 6) is 1.62. The molecule has 0 radical (unpaired) electrons. The molecule has 0 amide bonds. The van der Waals surface area contributed by atoms with Crippen molar-refractivity contribution in [2.75, 3.05) is 0 Å². The number of phenolic OH excluding ortho intramolecular Hbond substituents is 1. The van der Waals surface area contributed by atoms with E-state index in [2.05, 4.69) is 42.8 Å². The molecule has 0 saturated carbocycles. The van der Waals surface area contributed by atoms with Gasteiger partial charge in [-0.3, -0.25) is 0 Å². The first-order chi connectivity index (χ1) is 9.27. The Labute approximate surface area is 128 Å². The van der Waals surface area contributed by atoms with Gasteiger partial charge in [-0.15, -0.1) is 0 Å². The van der Waals surface area contributed by atoms with Crippen LogP contribution in [-0.2, 0) is 5.41 Å². The molecule has 3 heteroatoms. The Hall–Kier alpha value is -1.48. The van der Waals surface area contributed by atoms with Crippen LogP contribution in [0.2, 0.25) is 0 Å². The predicted octanol–water partition coefficient (Wildman–Crippen LogP) is 5.55. The molecule has 0 aromatic heterocycles. The molecule has 0 saturated heterocycles.